The summed E-state index contributed by atoms with van der Waals surface area (Å²) in [6.07, 6.45) is -1.40. The number of fused-ring (bicyclic) bond motifs is 1. The van der Waals surface area contributed by atoms with Crippen LogP contribution in [-0.2, 0) is 23.8 Å². The van der Waals surface area contributed by atoms with Crippen molar-refractivity contribution < 1.29 is 28.2 Å². The number of nitrogens with zero attached hydrogens (tertiary/aromatic N) is 4. The zero-order chi connectivity index (χ0) is 26.9. The zero-order valence-electron chi connectivity index (χ0n) is 21.1. The summed E-state index contributed by atoms with van der Waals surface area (Å²) in [7, 11) is 0. The van der Waals surface area contributed by atoms with Crippen LogP contribution in [0, 0.1) is 17.9 Å². The van der Waals surface area contributed by atoms with Gasteiger partial charge in [-0.1, -0.05) is 34.3 Å². The van der Waals surface area contributed by atoms with Crippen LogP contribution in [0.2, 0.25) is 0 Å². The van der Waals surface area contributed by atoms with E-state index in [1.54, 1.807) is 34.6 Å². The maximum absolute atomic E-state index is 13.9. The average molecular weight is 508 g/mol. The maximum Gasteiger partial charge on any atom is 0.323 e. The zero-order valence-corrected chi connectivity index (χ0v) is 21.1. The average Bonchev–Trinajstić information content (AvgIpc) is 3.38. The molecule has 0 amide bonds. The molecule has 1 aliphatic rings. The SMILES string of the molecule is C=C(C)[C@]1(COC(=O)[C@H](N)C(C)C)O[C@@H](n2cnc3c(N)nc(F)nc32)C[C@@H]1OC(=O)[C@H](N)C(C)C. The highest BCUT2D eigenvalue weighted by molar-refractivity contribution is 5.81. The van der Waals surface area contributed by atoms with Crippen molar-refractivity contribution >= 4 is 28.9 Å². The van der Waals surface area contributed by atoms with E-state index in [0.29, 0.717) is 5.57 Å². The lowest BCUT2D eigenvalue weighted by Gasteiger charge is -2.35. The fourth-order valence-corrected chi connectivity index (χ4v) is 3.84. The number of carbonyl (C=O) groups is 2. The number of esters is 2. The molecule has 1 aliphatic heterocycles. The summed E-state index contributed by atoms with van der Waals surface area (Å²) < 4.78 is 33.1. The Hall–Kier alpha value is -3.16. The molecular weight excluding hydrogens is 473 g/mol. The third-order valence-corrected chi connectivity index (χ3v) is 6.40. The molecule has 1 saturated heterocycles. The van der Waals surface area contributed by atoms with Crippen molar-refractivity contribution in [1.82, 2.24) is 19.5 Å². The van der Waals surface area contributed by atoms with Gasteiger partial charge in [-0.15, -0.1) is 0 Å². The fraction of sp³-hybridized carbons (Fsp3) is 0.609. The summed E-state index contributed by atoms with van der Waals surface area (Å²) in [5, 5.41) is 0. The number of hydrogen-bond donors (Lipinski definition) is 3. The van der Waals surface area contributed by atoms with Gasteiger partial charge in [0.1, 0.15) is 31.0 Å². The van der Waals surface area contributed by atoms with Gasteiger partial charge in [-0.2, -0.15) is 14.4 Å². The van der Waals surface area contributed by atoms with Gasteiger partial charge in [0, 0.05) is 6.42 Å². The molecule has 0 spiro atoms. The van der Waals surface area contributed by atoms with Gasteiger partial charge in [-0.25, -0.2) is 4.98 Å². The van der Waals surface area contributed by atoms with E-state index in [9.17, 15) is 14.0 Å². The molecule has 0 saturated carbocycles. The number of rotatable bonds is 9. The van der Waals surface area contributed by atoms with E-state index in [1.807, 2.05) is 0 Å². The van der Waals surface area contributed by atoms with Crippen LogP contribution in [0.1, 0.15) is 47.3 Å². The van der Waals surface area contributed by atoms with Crippen molar-refractivity contribution in [3.05, 3.63) is 24.6 Å². The predicted octanol–water partition coefficient (Wildman–Crippen LogP) is 1.20. The summed E-state index contributed by atoms with van der Waals surface area (Å²) in [6.45, 7) is 12.5. The Labute approximate surface area is 208 Å². The normalized spacial score (nSPS) is 23.7. The second-order valence-electron chi connectivity index (χ2n) is 9.75. The Balaban J connectivity index is 2.00. The van der Waals surface area contributed by atoms with Gasteiger partial charge in [-0.05, 0) is 24.3 Å². The van der Waals surface area contributed by atoms with Gasteiger partial charge in [0.05, 0.1) is 6.33 Å². The largest absolute Gasteiger partial charge is 0.461 e. The number of halogens is 1. The van der Waals surface area contributed by atoms with E-state index in [1.165, 1.54) is 10.9 Å². The number of carbonyl (C=O) groups excluding carboxylic acids is 2. The minimum absolute atomic E-state index is 0.0776. The van der Waals surface area contributed by atoms with Crippen molar-refractivity contribution in [2.75, 3.05) is 12.3 Å². The number of aromatic nitrogens is 4. The van der Waals surface area contributed by atoms with Crippen LogP contribution < -0.4 is 17.2 Å². The third-order valence-electron chi connectivity index (χ3n) is 6.40. The highest BCUT2D eigenvalue weighted by Gasteiger charge is 2.54. The monoisotopic (exact) mass is 507 g/mol. The van der Waals surface area contributed by atoms with E-state index < -0.39 is 48.0 Å². The number of nitrogen functional groups attached to an aromatic ring is 1. The standard InChI is InChI=1S/C23H34FN7O5/c1-10(2)15(25)20(32)34-8-23(12(5)6)13(35-21(33)16(26)11(3)4)7-14(36-23)31-9-28-17-18(27)29-22(24)30-19(17)31/h9-11,13-16H,5,7-8,25-26H2,1-4,6H3,(H2,27,29,30)/t13-,14+,15+,16+,23-/m0/s1. The molecule has 2 aromatic heterocycles. The van der Waals surface area contributed by atoms with E-state index in [2.05, 4.69) is 21.5 Å². The molecule has 2 aromatic rings. The number of imidazole rings is 1. The first kappa shape index (κ1) is 27.4. The molecule has 0 aromatic carbocycles. The van der Waals surface area contributed by atoms with Crippen LogP contribution in [0.15, 0.2) is 18.5 Å². The highest BCUT2D eigenvalue weighted by atomic mass is 19.1. The van der Waals surface area contributed by atoms with Gasteiger partial charge in [-0.3, -0.25) is 14.2 Å². The molecule has 3 rings (SSSR count). The Morgan fingerprint density at radius 2 is 1.83 bits per heavy atom. The van der Waals surface area contributed by atoms with E-state index >= 15 is 0 Å². The summed E-state index contributed by atoms with van der Waals surface area (Å²) in [5.74, 6) is -1.77. The minimum atomic E-state index is -1.45. The second kappa shape index (κ2) is 10.4. The fourth-order valence-electron chi connectivity index (χ4n) is 3.84. The van der Waals surface area contributed by atoms with Crippen molar-refractivity contribution in [2.24, 2.45) is 23.3 Å². The maximum atomic E-state index is 13.9. The lowest BCUT2D eigenvalue weighted by Crippen LogP contribution is -2.51. The minimum Gasteiger partial charge on any atom is -0.461 e. The Morgan fingerprint density at radius 3 is 2.42 bits per heavy atom. The van der Waals surface area contributed by atoms with E-state index in [4.69, 9.17) is 31.4 Å². The quantitative estimate of drug-likeness (QED) is 0.252. The molecule has 12 nitrogen and oxygen atoms in total. The lowest BCUT2D eigenvalue weighted by molar-refractivity contribution is -0.172. The first-order chi connectivity index (χ1) is 16.8. The number of ether oxygens (including phenoxy) is 3. The third kappa shape index (κ3) is 5.18. The summed E-state index contributed by atoms with van der Waals surface area (Å²) >= 11 is 0. The van der Waals surface area contributed by atoms with Gasteiger partial charge in [0.2, 0.25) is 0 Å². The predicted molar refractivity (Wildman–Crippen MR) is 128 cm³/mol. The van der Waals surface area contributed by atoms with Crippen LogP contribution in [0.4, 0.5) is 10.2 Å². The van der Waals surface area contributed by atoms with Crippen LogP contribution in [-0.4, -0.2) is 61.9 Å². The van der Waals surface area contributed by atoms with Crippen LogP contribution in [0.5, 0.6) is 0 Å². The molecule has 0 bridgehead atoms. The molecule has 1 fully saturated rings. The molecule has 6 N–H and O–H groups in total. The summed E-state index contributed by atoms with van der Waals surface area (Å²) in [5.41, 5.74) is 17.0. The summed E-state index contributed by atoms with van der Waals surface area (Å²) in [6, 6.07) is -1.75. The molecule has 3 heterocycles. The van der Waals surface area contributed by atoms with Crippen LogP contribution in [0.25, 0.3) is 11.2 Å². The van der Waals surface area contributed by atoms with Crippen LogP contribution >= 0.6 is 0 Å². The van der Waals surface area contributed by atoms with Gasteiger partial charge in [0.25, 0.3) is 0 Å². The molecule has 0 radical (unpaired) electrons. The Bertz CT molecular complexity index is 1150. The van der Waals surface area contributed by atoms with Crippen molar-refractivity contribution in [3.63, 3.8) is 0 Å². The molecule has 0 unspecified atom stereocenters. The van der Waals surface area contributed by atoms with E-state index in [0.717, 1.165) is 0 Å². The number of hydrogen-bond acceptors (Lipinski definition) is 11. The smallest absolute Gasteiger partial charge is 0.323 e. The first-order valence-corrected chi connectivity index (χ1v) is 11.7. The molecule has 198 valence electrons. The van der Waals surface area contributed by atoms with E-state index in [-0.39, 0.29) is 41.8 Å². The Morgan fingerprint density at radius 1 is 1.22 bits per heavy atom. The van der Waals surface area contributed by atoms with Gasteiger partial charge < -0.3 is 31.4 Å². The molecule has 0 aliphatic carbocycles. The number of anilines is 1. The number of nitrogens with two attached hydrogens (primary N) is 3. The van der Waals surface area contributed by atoms with Gasteiger partial charge in [0.15, 0.2) is 22.6 Å². The van der Waals surface area contributed by atoms with Gasteiger partial charge >= 0.3 is 18.0 Å². The van der Waals surface area contributed by atoms with Crippen molar-refractivity contribution in [3.8, 4) is 0 Å². The molecule has 36 heavy (non-hydrogen) atoms. The van der Waals surface area contributed by atoms with Crippen molar-refractivity contribution in [1.29, 1.82) is 0 Å². The molecule has 5 atom stereocenters. The highest BCUT2D eigenvalue weighted by Crippen LogP contribution is 2.44. The lowest BCUT2D eigenvalue weighted by atomic mass is 9.90. The molecule has 13 heteroatoms. The first-order valence-electron chi connectivity index (χ1n) is 11.7. The second-order valence-corrected chi connectivity index (χ2v) is 9.75. The summed E-state index contributed by atoms with van der Waals surface area (Å²) in [4.78, 5) is 36.8. The Kier molecular flexibility index (Phi) is 7.96. The van der Waals surface area contributed by atoms with Crippen molar-refractivity contribution in [2.45, 2.75) is 71.1 Å². The topological polar surface area (TPSA) is 183 Å². The molecular formula is C23H34FN7O5. The van der Waals surface area contributed by atoms with Crippen LogP contribution in [0.3, 0.4) is 0 Å².